The summed E-state index contributed by atoms with van der Waals surface area (Å²) in [6.45, 7) is 3.35. The molecule has 0 bridgehead atoms. The summed E-state index contributed by atoms with van der Waals surface area (Å²) in [6.07, 6.45) is 0.296. The van der Waals surface area contributed by atoms with E-state index >= 15 is 0 Å². The molecule has 0 aromatic carbocycles. The lowest BCUT2D eigenvalue weighted by atomic mass is 9.91. The number of carbonyl (C=O) groups excluding carboxylic acids is 2. The number of likely N-dealkylation sites (tertiary alicyclic amines) is 2. The molecule has 2 amide bonds. The Hall–Kier alpha value is -1.63. The van der Waals surface area contributed by atoms with E-state index in [-0.39, 0.29) is 50.1 Å². The highest BCUT2D eigenvalue weighted by Crippen LogP contribution is 2.26. The maximum atomic E-state index is 12.3. The predicted octanol–water partition coefficient (Wildman–Crippen LogP) is -0.707. The fraction of sp³-hybridized carbons (Fsp3) is 0.769. The molecule has 0 aromatic heterocycles. The third-order valence-corrected chi connectivity index (χ3v) is 4.25. The fourth-order valence-electron chi connectivity index (χ4n) is 2.81. The summed E-state index contributed by atoms with van der Waals surface area (Å²) >= 11 is 0. The maximum Gasteiger partial charge on any atom is 0.335 e. The van der Waals surface area contributed by atoms with Gasteiger partial charge in [-0.2, -0.15) is 0 Å². The van der Waals surface area contributed by atoms with E-state index in [1.807, 2.05) is 6.92 Å². The van der Waals surface area contributed by atoms with Crippen LogP contribution in [0.1, 0.15) is 26.2 Å². The van der Waals surface area contributed by atoms with Gasteiger partial charge in [-0.05, 0) is 6.92 Å². The molecule has 2 aliphatic heterocycles. The van der Waals surface area contributed by atoms with Gasteiger partial charge in [0.2, 0.25) is 11.8 Å². The van der Waals surface area contributed by atoms with Crippen LogP contribution in [0.4, 0.5) is 0 Å². The van der Waals surface area contributed by atoms with Crippen molar-refractivity contribution in [2.24, 2.45) is 5.92 Å². The van der Waals surface area contributed by atoms with Crippen LogP contribution in [0.25, 0.3) is 0 Å². The molecule has 2 heterocycles. The molecule has 2 N–H and O–H groups in total. The van der Waals surface area contributed by atoms with Crippen molar-refractivity contribution in [2.75, 3.05) is 26.2 Å². The molecule has 1 atom stereocenters. The Morgan fingerprint density at radius 3 is 2.40 bits per heavy atom. The number of hydrogen-bond donors (Lipinski definition) is 2. The number of amides is 2. The third kappa shape index (κ3) is 2.63. The van der Waals surface area contributed by atoms with E-state index < -0.39 is 11.6 Å². The van der Waals surface area contributed by atoms with Crippen molar-refractivity contribution >= 4 is 17.8 Å². The molecule has 0 aliphatic carbocycles. The first-order valence-corrected chi connectivity index (χ1v) is 6.89. The van der Waals surface area contributed by atoms with E-state index in [0.29, 0.717) is 13.1 Å². The number of carbonyl (C=O) groups is 3. The molecule has 0 spiro atoms. The van der Waals surface area contributed by atoms with E-state index in [0.717, 1.165) is 0 Å². The average Bonchev–Trinajstić information content (AvgIpc) is 2.80. The van der Waals surface area contributed by atoms with Gasteiger partial charge in [-0.1, -0.05) is 0 Å². The van der Waals surface area contributed by atoms with Crippen LogP contribution in [-0.4, -0.2) is 69.6 Å². The van der Waals surface area contributed by atoms with Gasteiger partial charge in [0.05, 0.1) is 5.92 Å². The molecule has 2 fully saturated rings. The number of carboxylic acid groups (broad SMARTS) is 1. The van der Waals surface area contributed by atoms with Crippen molar-refractivity contribution in [2.45, 2.75) is 31.8 Å². The number of aliphatic hydroxyl groups is 1. The SMILES string of the molecule is CCN1CC(C(=O)N2CCC(O)(C(=O)O)CC2)CC1=O. The molecule has 7 heteroatoms. The van der Waals surface area contributed by atoms with Crippen molar-refractivity contribution in [3.8, 4) is 0 Å². The summed E-state index contributed by atoms with van der Waals surface area (Å²) in [6, 6.07) is 0. The molecule has 0 saturated carbocycles. The van der Waals surface area contributed by atoms with Gasteiger partial charge in [0.25, 0.3) is 0 Å². The lowest BCUT2D eigenvalue weighted by Gasteiger charge is -2.36. The Bertz CT molecular complexity index is 428. The van der Waals surface area contributed by atoms with Gasteiger partial charge < -0.3 is 20.0 Å². The van der Waals surface area contributed by atoms with E-state index in [2.05, 4.69) is 0 Å². The Morgan fingerprint density at radius 2 is 1.95 bits per heavy atom. The van der Waals surface area contributed by atoms with Crippen LogP contribution in [0.2, 0.25) is 0 Å². The molecule has 1 unspecified atom stereocenters. The summed E-state index contributed by atoms with van der Waals surface area (Å²) in [7, 11) is 0. The standard InChI is InChI=1S/C13H20N2O5/c1-2-14-8-9(7-10(14)16)11(17)15-5-3-13(20,4-6-15)12(18)19/h9,20H,2-8H2,1H3,(H,18,19). The topological polar surface area (TPSA) is 98.2 Å². The van der Waals surface area contributed by atoms with Crippen molar-refractivity contribution < 1.29 is 24.6 Å². The van der Waals surface area contributed by atoms with Crippen LogP contribution in [0, 0.1) is 5.92 Å². The Morgan fingerprint density at radius 1 is 1.35 bits per heavy atom. The fourth-order valence-corrected chi connectivity index (χ4v) is 2.81. The van der Waals surface area contributed by atoms with Gasteiger partial charge in [0.15, 0.2) is 5.60 Å². The van der Waals surface area contributed by atoms with Crippen LogP contribution in [-0.2, 0) is 14.4 Å². The van der Waals surface area contributed by atoms with Gasteiger partial charge in [-0.25, -0.2) is 4.79 Å². The van der Waals surface area contributed by atoms with Gasteiger partial charge in [-0.3, -0.25) is 9.59 Å². The van der Waals surface area contributed by atoms with Crippen LogP contribution < -0.4 is 0 Å². The van der Waals surface area contributed by atoms with Crippen LogP contribution >= 0.6 is 0 Å². The molecule has 2 aliphatic rings. The molecule has 112 valence electrons. The molecule has 2 saturated heterocycles. The van der Waals surface area contributed by atoms with Crippen molar-refractivity contribution in [1.29, 1.82) is 0 Å². The summed E-state index contributed by atoms with van der Waals surface area (Å²) in [5.41, 5.74) is -1.72. The second-order valence-electron chi connectivity index (χ2n) is 5.50. The zero-order valence-electron chi connectivity index (χ0n) is 11.5. The highest BCUT2D eigenvalue weighted by atomic mass is 16.4. The zero-order valence-corrected chi connectivity index (χ0v) is 11.5. The minimum atomic E-state index is -1.72. The zero-order chi connectivity index (χ0) is 14.9. The Labute approximate surface area is 117 Å². The quantitative estimate of drug-likeness (QED) is 0.713. The third-order valence-electron chi connectivity index (χ3n) is 4.25. The number of rotatable bonds is 3. The molecule has 7 nitrogen and oxygen atoms in total. The smallest absolute Gasteiger partial charge is 0.335 e. The van der Waals surface area contributed by atoms with E-state index in [9.17, 15) is 19.5 Å². The number of nitrogens with zero attached hydrogens (tertiary/aromatic N) is 2. The Balaban J connectivity index is 1.93. The molecule has 0 aromatic rings. The molecular formula is C13H20N2O5. The highest BCUT2D eigenvalue weighted by Gasteiger charge is 2.43. The van der Waals surface area contributed by atoms with Gasteiger partial charge in [0, 0.05) is 45.4 Å². The van der Waals surface area contributed by atoms with Crippen LogP contribution in [0.15, 0.2) is 0 Å². The van der Waals surface area contributed by atoms with Gasteiger partial charge >= 0.3 is 5.97 Å². The predicted molar refractivity (Wildman–Crippen MR) is 68.8 cm³/mol. The lowest BCUT2D eigenvalue weighted by molar-refractivity contribution is -0.165. The second-order valence-corrected chi connectivity index (χ2v) is 5.50. The van der Waals surface area contributed by atoms with Crippen LogP contribution in [0.5, 0.6) is 0 Å². The first kappa shape index (κ1) is 14.8. The van der Waals surface area contributed by atoms with E-state index in [1.165, 1.54) is 0 Å². The molecule has 0 radical (unpaired) electrons. The van der Waals surface area contributed by atoms with E-state index in [1.54, 1.807) is 9.80 Å². The van der Waals surface area contributed by atoms with Crippen molar-refractivity contribution in [3.05, 3.63) is 0 Å². The first-order chi connectivity index (χ1) is 9.37. The van der Waals surface area contributed by atoms with Crippen LogP contribution in [0.3, 0.4) is 0 Å². The largest absolute Gasteiger partial charge is 0.479 e. The Kier molecular flexibility index (Phi) is 3.99. The monoisotopic (exact) mass is 284 g/mol. The second kappa shape index (κ2) is 5.40. The first-order valence-electron chi connectivity index (χ1n) is 6.89. The number of piperidine rings is 1. The summed E-state index contributed by atoms with van der Waals surface area (Å²) in [4.78, 5) is 38.1. The average molecular weight is 284 g/mol. The number of aliphatic carboxylic acids is 1. The van der Waals surface area contributed by atoms with E-state index in [4.69, 9.17) is 5.11 Å². The normalized spacial score (nSPS) is 25.9. The molecule has 20 heavy (non-hydrogen) atoms. The highest BCUT2D eigenvalue weighted by molar-refractivity contribution is 5.89. The van der Waals surface area contributed by atoms with Crippen molar-refractivity contribution in [1.82, 2.24) is 9.80 Å². The van der Waals surface area contributed by atoms with Gasteiger partial charge in [-0.15, -0.1) is 0 Å². The minimum absolute atomic E-state index is 0.00935. The molecular weight excluding hydrogens is 264 g/mol. The maximum absolute atomic E-state index is 12.3. The minimum Gasteiger partial charge on any atom is -0.479 e. The summed E-state index contributed by atoms with van der Waals surface area (Å²) in [5.74, 6) is -1.69. The summed E-state index contributed by atoms with van der Waals surface area (Å²) < 4.78 is 0. The number of carboxylic acids is 1. The number of hydrogen-bond acceptors (Lipinski definition) is 4. The lowest BCUT2D eigenvalue weighted by Crippen LogP contribution is -2.52. The van der Waals surface area contributed by atoms with Crippen molar-refractivity contribution in [3.63, 3.8) is 0 Å². The van der Waals surface area contributed by atoms with Gasteiger partial charge in [0.1, 0.15) is 0 Å². The summed E-state index contributed by atoms with van der Waals surface area (Å²) in [5, 5.41) is 18.8. The molecule has 2 rings (SSSR count).